The molecule has 0 aliphatic heterocycles. The summed E-state index contributed by atoms with van der Waals surface area (Å²) in [5.41, 5.74) is -0.126. The molecule has 0 atom stereocenters. The van der Waals surface area contributed by atoms with Crippen LogP contribution in [0.25, 0.3) is 0 Å². The second kappa shape index (κ2) is 10.7. The Hall–Kier alpha value is -2.58. The van der Waals surface area contributed by atoms with Crippen LogP contribution in [0.2, 0.25) is 0 Å². The Labute approximate surface area is 234 Å². The zero-order chi connectivity index (χ0) is 28.1. The second-order valence-electron chi connectivity index (χ2n) is 14.0. The second-order valence-corrected chi connectivity index (χ2v) is 14.0. The molecule has 8 nitrogen and oxygen atoms in total. The number of ether oxygens (including phenoxy) is 2. The van der Waals surface area contributed by atoms with Crippen molar-refractivity contribution in [2.24, 2.45) is 46.3 Å². The Morgan fingerprint density at radius 2 is 0.825 bits per heavy atom. The van der Waals surface area contributed by atoms with Crippen molar-refractivity contribution in [3.05, 3.63) is 35.5 Å². The summed E-state index contributed by atoms with van der Waals surface area (Å²) in [6, 6.07) is 0. The van der Waals surface area contributed by atoms with Crippen LogP contribution in [0.3, 0.4) is 0 Å². The number of hydrogen-bond acceptors (Lipinski definition) is 8. The highest BCUT2D eigenvalue weighted by Gasteiger charge is 2.51. The third-order valence-electron chi connectivity index (χ3n) is 10.7. The van der Waals surface area contributed by atoms with Crippen LogP contribution in [0.1, 0.15) is 77.0 Å². The van der Waals surface area contributed by atoms with Crippen molar-refractivity contribution >= 4 is 23.9 Å². The van der Waals surface area contributed by atoms with Gasteiger partial charge in [0.15, 0.2) is 0 Å². The fourth-order valence-electron chi connectivity index (χ4n) is 10.3. The van der Waals surface area contributed by atoms with E-state index in [1.54, 1.807) is 0 Å². The van der Waals surface area contributed by atoms with Crippen LogP contribution in [0, 0.1) is 46.3 Å². The van der Waals surface area contributed by atoms with Crippen LogP contribution in [0.15, 0.2) is 35.5 Å². The molecule has 8 rings (SSSR count). The van der Waals surface area contributed by atoms with Gasteiger partial charge >= 0.3 is 23.9 Å². The third kappa shape index (κ3) is 5.62. The average Bonchev–Trinajstić information content (AvgIpc) is 2.87. The van der Waals surface area contributed by atoms with E-state index in [0.717, 1.165) is 50.7 Å². The highest BCUT2D eigenvalue weighted by molar-refractivity contribution is 6.04. The minimum atomic E-state index is -1.09. The predicted octanol–water partition coefficient (Wildman–Crippen LogP) is 3.95. The van der Waals surface area contributed by atoms with Crippen LogP contribution >= 0.6 is 0 Å². The molecule has 2 N–H and O–H groups in total. The molecule has 8 fully saturated rings. The normalized spacial score (nSPS) is 39.5. The van der Waals surface area contributed by atoms with E-state index >= 15 is 0 Å². The standard InChI is InChI=1S/C32H40O8/c33-17-25(15-31-9-19-3-20(10-31)5-21(4-19)11-31)29(37)39-27(35)1-2-28(36)40-30(38)26(18-34)16-32-12-22-6-23(13-32)8-24(7-22)14-32/h1-2,15-16,19-24,33-34H,3-14,17-18H2. The van der Waals surface area contributed by atoms with Gasteiger partial charge in [0.2, 0.25) is 0 Å². The molecule has 216 valence electrons. The van der Waals surface area contributed by atoms with Crippen molar-refractivity contribution in [2.75, 3.05) is 13.2 Å². The molecule has 8 saturated carbocycles. The molecule has 0 saturated heterocycles. The fourth-order valence-corrected chi connectivity index (χ4v) is 10.3. The van der Waals surface area contributed by atoms with E-state index in [2.05, 4.69) is 0 Å². The van der Waals surface area contributed by atoms with Crippen LogP contribution in [-0.2, 0) is 28.7 Å². The smallest absolute Gasteiger partial charge is 0.343 e. The number of esters is 4. The first kappa shape index (κ1) is 27.6. The maximum absolute atomic E-state index is 12.7. The molecule has 0 aromatic heterocycles. The number of aliphatic hydroxyl groups excluding tert-OH is 2. The molecule has 0 aromatic rings. The summed E-state index contributed by atoms with van der Waals surface area (Å²) in [4.78, 5) is 49.8. The molecule has 8 bridgehead atoms. The maximum Gasteiger partial charge on any atom is 0.343 e. The Balaban J connectivity index is 1.03. The lowest BCUT2D eigenvalue weighted by Crippen LogP contribution is -2.45. The highest BCUT2D eigenvalue weighted by Crippen LogP contribution is 2.62. The van der Waals surface area contributed by atoms with Crippen LogP contribution in [0.5, 0.6) is 0 Å². The summed E-state index contributed by atoms with van der Waals surface area (Å²) in [7, 11) is 0. The summed E-state index contributed by atoms with van der Waals surface area (Å²) in [5.74, 6) is -0.101. The molecule has 40 heavy (non-hydrogen) atoms. The Bertz CT molecular complexity index is 1010. The zero-order valence-corrected chi connectivity index (χ0v) is 23.0. The molecule has 0 radical (unpaired) electrons. The van der Waals surface area contributed by atoms with Gasteiger partial charge in [-0.25, -0.2) is 19.2 Å². The quantitative estimate of drug-likeness (QED) is 0.263. The van der Waals surface area contributed by atoms with E-state index in [9.17, 15) is 29.4 Å². The molecular weight excluding hydrogens is 512 g/mol. The van der Waals surface area contributed by atoms with Crippen molar-refractivity contribution < 1.29 is 38.9 Å². The Morgan fingerprint density at radius 3 is 1.07 bits per heavy atom. The number of hydrogen-bond donors (Lipinski definition) is 2. The van der Waals surface area contributed by atoms with Gasteiger partial charge < -0.3 is 19.7 Å². The van der Waals surface area contributed by atoms with E-state index in [1.807, 2.05) is 12.2 Å². The van der Waals surface area contributed by atoms with E-state index in [0.29, 0.717) is 35.5 Å². The highest BCUT2D eigenvalue weighted by atomic mass is 16.6. The van der Waals surface area contributed by atoms with Crippen LogP contribution in [-0.4, -0.2) is 47.3 Å². The molecule has 0 spiro atoms. The molecule has 0 aromatic carbocycles. The molecule has 0 heterocycles. The first-order chi connectivity index (χ1) is 19.1. The third-order valence-corrected chi connectivity index (χ3v) is 10.7. The predicted molar refractivity (Wildman–Crippen MR) is 143 cm³/mol. The molecule has 8 heteroatoms. The zero-order valence-electron chi connectivity index (χ0n) is 23.0. The van der Waals surface area contributed by atoms with Gasteiger partial charge in [0.05, 0.1) is 24.4 Å². The van der Waals surface area contributed by atoms with E-state index in [4.69, 9.17) is 9.47 Å². The molecular formula is C32H40O8. The van der Waals surface area contributed by atoms with Gasteiger partial charge in [0.25, 0.3) is 0 Å². The fraction of sp³-hybridized carbons (Fsp3) is 0.688. The van der Waals surface area contributed by atoms with E-state index < -0.39 is 37.1 Å². The minimum absolute atomic E-state index is 0.0591. The number of allylic oxidation sites excluding steroid dienone is 2. The number of rotatable bonds is 8. The molecule has 8 aliphatic carbocycles. The van der Waals surface area contributed by atoms with Crippen molar-refractivity contribution in [1.29, 1.82) is 0 Å². The summed E-state index contributed by atoms with van der Waals surface area (Å²) in [5, 5.41) is 19.7. The van der Waals surface area contributed by atoms with Gasteiger partial charge in [0, 0.05) is 12.2 Å². The van der Waals surface area contributed by atoms with Crippen molar-refractivity contribution in [2.45, 2.75) is 77.0 Å². The topological polar surface area (TPSA) is 127 Å². The largest absolute Gasteiger partial charge is 0.391 e. The lowest BCUT2D eigenvalue weighted by Gasteiger charge is -2.56. The van der Waals surface area contributed by atoms with Gasteiger partial charge in [-0.2, -0.15) is 0 Å². The first-order valence-corrected chi connectivity index (χ1v) is 15.0. The van der Waals surface area contributed by atoms with Crippen molar-refractivity contribution in [3.63, 3.8) is 0 Å². The summed E-state index contributed by atoms with van der Waals surface area (Å²) in [6.45, 7) is -1.07. The van der Waals surface area contributed by atoms with E-state index in [1.165, 1.54) is 38.5 Å². The molecule has 0 amide bonds. The van der Waals surface area contributed by atoms with Gasteiger partial charge in [0.1, 0.15) is 0 Å². The van der Waals surface area contributed by atoms with Crippen molar-refractivity contribution in [1.82, 2.24) is 0 Å². The number of aliphatic hydroxyl groups is 2. The molecule has 0 unspecified atom stereocenters. The SMILES string of the molecule is O=C(C=CC(=O)OC(=O)C(=CC12CC3CC(CC(C3)C1)C2)CO)OC(=O)C(=CC12CC3CC(CC(C3)C1)C2)CO. The first-order valence-electron chi connectivity index (χ1n) is 15.0. The van der Waals surface area contributed by atoms with Gasteiger partial charge in [-0.15, -0.1) is 0 Å². The summed E-state index contributed by atoms with van der Waals surface area (Å²) < 4.78 is 9.73. The van der Waals surface area contributed by atoms with Crippen LogP contribution in [0.4, 0.5) is 0 Å². The summed E-state index contributed by atoms with van der Waals surface area (Å²) >= 11 is 0. The lowest BCUT2D eigenvalue weighted by molar-refractivity contribution is -0.156. The molecule has 8 aliphatic rings. The van der Waals surface area contributed by atoms with Gasteiger partial charge in [-0.1, -0.05) is 12.2 Å². The number of carbonyl (C=O) groups excluding carboxylic acids is 4. The summed E-state index contributed by atoms with van der Waals surface area (Å²) in [6.07, 6.45) is 18.6. The van der Waals surface area contributed by atoms with Crippen LogP contribution < -0.4 is 0 Å². The van der Waals surface area contributed by atoms with Gasteiger partial charge in [-0.05, 0) is 123 Å². The maximum atomic E-state index is 12.7. The van der Waals surface area contributed by atoms with Gasteiger partial charge in [-0.3, -0.25) is 0 Å². The minimum Gasteiger partial charge on any atom is -0.391 e. The van der Waals surface area contributed by atoms with Crippen molar-refractivity contribution in [3.8, 4) is 0 Å². The Morgan fingerprint density at radius 1 is 0.550 bits per heavy atom. The lowest BCUT2D eigenvalue weighted by atomic mass is 9.49. The monoisotopic (exact) mass is 552 g/mol. The Kier molecular flexibility index (Phi) is 7.36. The average molecular weight is 553 g/mol. The number of carbonyl (C=O) groups is 4. The van der Waals surface area contributed by atoms with E-state index in [-0.39, 0.29) is 22.0 Å².